The summed E-state index contributed by atoms with van der Waals surface area (Å²) >= 11 is 1.31. The molecule has 0 saturated heterocycles. The summed E-state index contributed by atoms with van der Waals surface area (Å²) in [4.78, 5) is 17.3. The van der Waals surface area contributed by atoms with Crippen LogP contribution in [0.1, 0.15) is 64.8 Å². The molecule has 0 fully saturated rings. The number of allylic oxidation sites excluding steroid dienone is 8. The number of aliphatic imine (C=N–C) groups is 1. The third-order valence-electron chi connectivity index (χ3n) is 5.98. The second-order valence-corrected chi connectivity index (χ2v) is 11.8. The van der Waals surface area contributed by atoms with E-state index in [1.165, 1.54) is 11.3 Å². The van der Waals surface area contributed by atoms with Gasteiger partial charge in [-0.15, -0.1) is 11.3 Å². The fraction of sp³-hybridized carbons (Fsp3) is 0.448. The molecule has 0 aliphatic heterocycles. The van der Waals surface area contributed by atoms with Crippen LogP contribution >= 0.6 is 11.3 Å². The van der Waals surface area contributed by atoms with Crippen LogP contribution < -0.4 is 5.73 Å². The normalized spacial score (nSPS) is 23.0. The van der Waals surface area contributed by atoms with Crippen LogP contribution in [0.15, 0.2) is 75.6 Å². The first kappa shape index (κ1) is 29.5. The van der Waals surface area contributed by atoms with Crippen molar-refractivity contribution in [1.82, 2.24) is 0 Å². The number of nitrogens with zero attached hydrogens (tertiary/aromatic N) is 1. The zero-order valence-electron chi connectivity index (χ0n) is 22.6. The molecule has 0 bridgehead atoms. The van der Waals surface area contributed by atoms with E-state index < -0.39 is 23.4 Å². The van der Waals surface area contributed by atoms with Crippen molar-refractivity contribution in [3.63, 3.8) is 0 Å². The predicted molar refractivity (Wildman–Crippen MR) is 146 cm³/mol. The van der Waals surface area contributed by atoms with Gasteiger partial charge in [0.1, 0.15) is 22.8 Å². The van der Waals surface area contributed by atoms with E-state index in [0.29, 0.717) is 22.8 Å². The lowest BCUT2D eigenvalue weighted by atomic mass is 9.77. The van der Waals surface area contributed by atoms with Crippen molar-refractivity contribution >= 4 is 23.0 Å². The van der Waals surface area contributed by atoms with E-state index in [9.17, 15) is 18.0 Å². The van der Waals surface area contributed by atoms with Gasteiger partial charge in [-0.1, -0.05) is 43.7 Å². The molecule has 206 valence electrons. The zero-order chi connectivity index (χ0) is 28.3. The summed E-state index contributed by atoms with van der Waals surface area (Å²) in [5.74, 6) is -0.166. The average Bonchev–Trinajstić information content (AvgIpc) is 3.27. The molecule has 1 heterocycles. The lowest BCUT2D eigenvalue weighted by molar-refractivity contribution is -0.158. The zero-order valence-corrected chi connectivity index (χ0v) is 23.4. The molecule has 1 aromatic heterocycles. The fourth-order valence-electron chi connectivity index (χ4n) is 4.14. The van der Waals surface area contributed by atoms with Crippen molar-refractivity contribution in [1.29, 1.82) is 0 Å². The first-order valence-electron chi connectivity index (χ1n) is 12.4. The van der Waals surface area contributed by atoms with Crippen LogP contribution in [0.25, 0.3) is 0 Å². The molecule has 0 radical (unpaired) electrons. The molecule has 0 amide bonds. The van der Waals surface area contributed by atoms with Gasteiger partial charge in [0.05, 0.1) is 10.6 Å². The van der Waals surface area contributed by atoms with Gasteiger partial charge in [0, 0.05) is 5.41 Å². The van der Waals surface area contributed by atoms with Gasteiger partial charge in [-0.3, -0.25) is 0 Å². The lowest BCUT2D eigenvalue weighted by Crippen LogP contribution is -2.26. The van der Waals surface area contributed by atoms with E-state index >= 15 is 0 Å². The molecule has 5 nitrogen and oxygen atoms in total. The van der Waals surface area contributed by atoms with Crippen molar-refractivity contribution < 1.29 is 27.4 Å². The Balaban J connectivity index is 1.98. The summed E-state index contributed by atoms with van der Waals surface area (Å²) in [6.07, 6.45) is 7.47. The smallest absolute Gasteiger partial charge is 0.430 e. The molecule has 38 heavy (non-hydrogen) atoms. The molecule has 1 aromatic rings. The molecule has 0 saturated carbocycles. The van der Waals surface area contributed by atoms with Gasteiger partial charge in [0.25, 0.3) is 0 Å². The monoisotopic (exact) mass is 548 g/mol. The Morgan fingerprint density at radius 3 is 2.66 bits per heavy atom. The van der Waals surface area contributed by atoms with E-state index in [1.807, 2.05) is 31.4 Å². The quantitative estimate of drug-likeness (QED) is 0.287. The maximum absolute atomic E-state index is 13.4. The molecule has 2 atom stereocenters. The number of hydrogen-bond donors (Lipinski definition) is 1. The van der Waals surface area contributed by atoms with Crippen molar-refractivity contribution in [2.24, 2.45) is 16.6 Å². The number of alkyl halides is 3. The van der Waals surface area contributed by atoms with Crippen molar-refractivity contribution in [3.05, 3.63) is 81.1 Å². The first-order valence-corrected chi connectivity index (χ1v) is 13.3. The Morgan fingerprint density at radius 1 is 1.32 bits per heavy atom. The van der Waals surface area contributed by atoms with Gasteiger partial charge in [-0.05, 0) is 75.6 Å². The highest BCUT2D eigenvalue weighted by Gasteiger charge is 2.33. The number of halogens is 3. The molecule has 2 unspecified atom stereocenters. The SMILES string of the molecule is CC1=CC(C)(c2csc(C(C=C(N)C(F)(F)F)=NC3=CC(C)CC=C3OCC(=O)OC(C)(C)C)c2)CC=C1. The van der Waals surface area contributed by atoms with Gasteiger partial charge >= 0.3 is 12.1 Å². The van der Waals surface area contributed by atoms with Gasteiger partial charge in [0.15, 0.2) is 6.61 Å². The first-order chi connectivity index (χ1) is 17.6. The average molecular weight is 549 g/mol. The molecular formula is C29H35F3N2O3S. The standard InChI is InChI=1S/C29H35F3N2O3S/c1-18-9-10-23(36-16-26(35)37-27(3,4)5)21(12-18)34-22(14-25(33)29(30,31)32)24-13-20(17-38-24)28(6)11-7-8-19(2)15-28/h7-8,10,12-15,17-18H,9,11,16,33H2,1-6H3. The van der Waals surface area contributed by atoms with E-state index in [1.54, 1.807) is 26.8 Å². The van der Waals surface area contributed by atoms with Gasteiger partial charge < -0.3 is 15.2 Å². The minimum Gasteiger partial charge on any atom is -0.480 e. The van der Waals surface area contributed by atoms with Crippen LogP contribution in [0.5, 0.6) is 0 Å². The van der Waals surface area contributed by atoms with E-state index in [-0.39, 0.29) is 23.7 Å². The number of rotatable bonds is 7. The number of esters is 1. The van der Waals surface area contributed by atoms with Crippen LogP contribution in [0, 0.1) is 5.92 Å². The number of ether oxygens (including phenoxy) is 2. The largest absolute Gasteiger partial charge is 0.480 e. The lowest BCUT2D eigenvalue weighted by Gasteiger charge is -2.27. The highest BCUT2D eigenvalue weighted by atomic mass is 32.1. The Morgan fingerprint density at radius 2 is 2.03 bits per heavy atom. The third-order valence-corrected chi connectivity index (χ3v) is 6.93. The van der Waals surface area contributed by atoms with Crippen LogP contribution in [0.3, 0.4) is 0 Å². The minimum absolute atomic E-state index is 0.0684. The van der Waals surface area contributed by atoms with Gasteiger partial charge in [-0.2, -0.15) is 13.2 Å². The summed E-state index contributed by atoms with van der Waals surface area (Å²) < 4.78 is 51.3. The summed E-state index contributed by atoms with van der Waals surface area (Å²) in [6.45, 7) is 11.0. The summed E-state index contributed by atoms with van der Waals surface area (Å²) in [6, 6.07) is 1.87. The highest BCUT2D eigenvalue weighted by Crippen LogP contribution is 2.37. The molecule has 0 aromatic carbocycles. The van der Waals surface area contributed by atoms with Crippen LogP contribution in [-0.4, -0.2) is 30.1 Å². The maximum Gasteiger partial charge on any atom is 0.430 e. The molecule has 0 spiro atoms. The number of carbonyl (C=O) groups excluding carboxylic acids is 1. The molecule has 2 aliphatic rings. The Labute approximate surface area is 226 Å². The van der Waals surface area contributed by atoms with E-state index in [2.05, 4.69) is 30.1 Å². The number of thiophene rings is 1. The van der Waals surface area contributed by atoms with Crippen molar-refractivity contribution in [2.45, 2.75) is 71.6 Å². The summed E-state index contributed by atoms with van der Waals surface area (Å²) in [5.41, 5.74) is 5.73. The number of hydrogen-bond acceptors (Lipinski definition) is 6. The van der Waals surface area contributed by atoms with E-state index in [4.69, 9.17) is 15.2 Å². The van der Waals surface area contributed by atoms with Crippen LogP contribution in [-0.2, 0) is 19.7 Å². The topological polar surface area (TPSA) is 73.9 Å². The second kappa shape index (κ2) is 11.4. The second-order valence-electron chi connectivity index (χ2n) is 10.9. The Kier molecular flexibility index (Phi) is 8.81. The van der Waals surface area contributed by atoms with Gasteiger partial charge in [0.2, 0.25) is 0 Å². The van der Waals surface area contributed by atoms with Crippen molar-refractivity contribution in [2.75, 3.05) is 6.61 Å². The molecule has 9 heteroatoms. The van der Waals surface area contributed by atoms with Crippen molar-refractivity contribution in [3.8, 4) is 0 Å². The van der Waals surface area contributed by atoms with Gasteiger partial charge in [-0.25, -0.2) is 9.79 Å². The molecular weight excluding hydrogens is 513 g/mol. The summed E-state index contributed by atoms with van der Waals surface area (Å²) in [5, 5.41) is 1.94. The number of carbonyl (C=O) groups is 1. The number of nitrogens with two attached hydrogens (primary N) is 1. The Hall–Kier alpha value is -3.07. The minimum atomic E-state index is -4.71. The predicted octanol–water partition coefficient (Wildman–Crippen LogP) is 7.27. The summed E-state index contributed by atoms with van der Waals surface area (Å²) in [7, 11) is 0. The van der Waals surface area contributed by atoms with E-state index in [0.717, 1.165) is 23.6 Å². The Bertz CT molecular complexity index is 1240. The molecule has 2 aliphatic carbocycles. The van der Waals surface area contributed by atoms with Crippen LogP contribution in [0.2, 0.25) is 0 Å². The van der Waals surface area contributed by atoms with Crippen LogP contribution in [0.4, 0.5) is 13.2 Å². The highest BCUT2D eigenvalue weighted by molar-refractivity contribution is 7.12. The molecule has 2 N–H and O–H groups in total. The maximum atomic E-state index is 13.4. The third kappa shape index (κ3) is 7.96. The fourth-order valence-corrected chi connectivity index (χ4v) is 5.15. The molecule has 3 rings (SSSR count).